The highest BCUT2D eigenvalue weighted by Gasteiger charge is 2.25. The number of rotatable bonds is 11. The monoisotopic (exact) mass is 568 g/mol. The SMILES string of the molecule is CC(=O)COc1nnc(OCC(C)=O)c2c1nc(CC(C)(C)C)n2Cc1ccc(-c2ccccc2-c2nn[nH]n2)cc1. The molecule has 12 heteroatoms. The lowest BCUT2D eigenvalue weighted by Crippen LogP contribution is -2.16. The van der Waals surface area contributed by atoms with Gasteiger partial charge in [-0.1, -0.05) is 69.3 Å². The first-order valence-corrected chi connectivity index (χ1v) is 13.5. The number of nitrogens with zero attached hydrogens (tertiary/aromatic N) is 7. The highest BCUT2D eigenvalue weighted by Crippen LogP contribution is 2.34. The molecule has 0 radical (unpaired) electrons. The summed E-state index contributed by atoms with van der Waals surface area (Å²) in [5.74, 6) is 1.30. The molecule has 5 aromatic rings. The second-order valence-electron chi connectivity index (χ2n) is 11.3. The van der Waals surface area contributed by atoms with Crippen LogP contribution in [-0.2, 0) is 22.6 Å². The fraction of sp³-hybridized carbons (Fsp3) is 0.333. The number of hydrogen-bond donors (Lipinski definition) is 1. The molecule has 0 aliphatic rings. The number of nitrogens with one attached hydrogen (secondary N) is 1. The molecule has 2 aromatic carbocycles. The first-order valence-electron chi connectivity index (χ1n) is 13.5. The van der Waals surface area contributed by atoms with Gasteiger partial charge in [0.15, 0.2) is 17.1 Å². The van der Waals surface area contributed by atoms with Crippen LogP contribution in [0.4, 0.5) is 0 Å². The minimum Gasteiger partial charge on any atom is -0.467 e. The van der Waals surface area contributed by atoms with E-state index in [9.17, 15) is 9.59 Å². The maximum atomic E-state index is 11.7. The van der Waals surface area contributed by atoms with Crippen molar-refractivity contribution in [2.75, 3.05) is 13.2 Å². The van der Waals surface area contributed by atoms with E-state index in [2.05, 4.69) is 51.6 Å². The molecule has 1 N–H and O–H groups in total. The third-order valence-electron chi connectivity index (χ3n) is 6.32. The topological polar surface area (TPSA) is 151 Å². The van der Waals surface area contributed by atoms with Gasteiger partial charge in [0.2, 0.25) is 5.82 Å². The lowest BCUT2D eigenvalue weighted by Gasteiger charge is -2.19. The highest BCUT2D eigenvalue weighted by atomic mass is 16.5. The van der Waals surface area contributed by atoms with Gasteiger partial charge in [-0.25, -0.2) is 4.98 Å². The van der Waals surface area contributed by atoms with Gasteiger partial charge in [-0.15, -0.1) is 20.4 Å². The van der Waals surface area contributed by atoms with E-state index in [0.29, 0.717) is 29.8 Å². The van der Waals surface area contributed by atoms with E-state index in [-0.39, 0.29) is 42.0 Å². The van der Waals surface area contributed by atoms with Gasteiger partial charge in [0, 0.05) is 18.5 Å². The maximum Gasteiger partial charge on any atom is 0.262 e. The van der Waals surface area contributed by atoms with Crippen molar-refractivity contribution < 1.29 is 19.1 Å². The number of carbonyl (C=O) groups excluding carboxylic acids is 2. The second-order valence-corrected chi connectivity index (χ2v) is 11.3. The standard InChI is InChI=1S/C30H32N8O4/c1-18(39)16-41-28-25-26(29(35-34-28)42-17-19(2)40)38(24(31-25)14-30(3,4)5)15-20-10-12-21(13-11-20)22-8-6-7-9-23(22)27-32-36-37-33-27/h6-13H,14-17H2,1-5H3,(H,32,33,36,37). The number of aromatic nitrogens is 8. The summed E-state index contributed by atoms with van der Waals surface area (Å²) in [7, 11) is 0. The molecule has 0 saturated heterocycles. The zero-order valence-electron chi connectivity index (χ0n) is 24.2. The Labute approximate surface area is 242 Å². The van der Waals surface area contributed by atoms with Gasteiger partial charge in [0.1, 0.15) is 24.6 Å². The average Bonchev–Trinajstić information content (AvgIpc) is 3.60. The molecule has 0 saturated carbocycles. The Kier molecular flexibility index (Phi) is 8.05. The summed E-state index contributed by atoms with van der Waals surface area (Å²) in [6, 6.07) is 16.1. The predicted molar refractivity (Wildman–Crippen MR) is 155 cm³/mol. The van der Waals surface area contributed by atoms with Crippen LogP contribution in [0.5, 0.6) is 11.8 Å². The number of benzene rings is 2. The van der Waals surface area contributed by atoms with E-state index in [0.717, 1.165) is 28.1 Å². The van der Waals surface area contributed by atoms with Crippen molar-refractivity contribution in [1.29, 1.82) is 0 Å². The van der Waals surface area contributed by atoms with Crippen molar-refractivity contribution in [2.24, 2.45) is 5.41 Å². The van der Waals surface area contributed by atoms with Gasteiger partial charge in [-0.05, 0) is 41.2 Å². The van der Waals surface area contributed by atoms with Crippen LogP contribution in [0.25, 0.3) is 33.5 Å². The molecule has 0 fully saturated rings. The fourth-order valence-corrected chi connectivity index (χ4v) is 4.54. The van der Waals surface area contributed by atoms with Crippen molar-refractivity contribution >= 4 is 22.6 Å². The van der Waals surface area contributed by atoms with E-state index in [1.54, 1.807) is 0 Å². The van der Waals surface area contributed by atoms with Crippen molar-refractivity contribution in [3.05, 3.63) is 59.9 Å². The summed E-state index contributed by atoms with van der Waals surface area (Å²) in [5.41, 5.74) is 4.74. The van der Waals surface area contributed by atoms with Crippen LogP contribution in [0.2, 0.25) is 0 Å². The fourth-order valence-electron chi connectivity index (χ4n) is 4.54. The number of hydrogen-bond acceptors (Lipinski definition) is 10. The lowest BCUT2D eigenvalue weighted by molar-refractivity contribution is -0.119. The summed E-state index contributed by atoms with van der Waals surface area (Å²) in [4.78, 5) is 28.3. The van der Waals surface area contributed by atoms with Gasteiger partial charge in [0.25, 0.3) is 11.8 Å². The third kappa shape index (κ3) is 6.48. The number of Topliss-reactive ketones (excluding diaryl/α,β-unsaturated/α-hetero) is 2. The van der Waals surface area contributed by atoms with E-state index in [1.807, 2.05) is 53.1 Å². The molecule has 216 valence electrons. The molecular weight excluding hydrogens is 536 g/mol. The summed E-state index contributed by atoms with van der Waals surface area (Å²) in [6.45, 7) is 9.38. The van der Waals surface area contributed by atoms with Crippen LogP contribution in [-0.4, -0.2) is 65.2 Å². The smallest absolute Gasteiger partial charge is 0.262 e. The Morgan fingerprint density at radius 3 is 2.12 bits per heavy atom. The zero-order chi connectivity index (χ0) is 29.9. The molecular formula is C30H32N8O4. The molecule has 3 heterocycles. The van der Waals surface area contributed by atoms with E-state index in [4.69, 9.17) is 14.5 Å². The van der Waals surface area contributed by atoms with Crippen molar-refractivity contribution in [3.8, 4) is 34.3 Å². The molecule has 3 aromatic heterocycles. The molecule has 5 rings (SSSR count). The molecule has 0 bridgehead atoms. The number of aromatic amines is 1. The summed E-state index contributed by atoms with van der Waals surface area (Å²) < 4.78 is 13.5. The van der Waals surface area contributed by atoms with Gasteiger partial charge < -0.3 is 14.0 Å². The van der Waals surface area contributed by atoms with E-state index < -0.39 is 0 Å². The van der Waals surface area contributed by atoms with E-state index in [1.165, 1.54) is 13.8 Å². The lowest BCUT2D eigenvalue weighted by atomic mass is 9.92. The van der Waals surface area contributed by atoms with Crippen molar-refractivity contribution in [1.82, 2.24) is 40.4 Å². The van der Waals surface area contributed by atoms with Crippen LogP contribution in [0.1, 0.15) is 46.0 Å². The molecule has 0 unspecified atom stereocenters. The Bertz CT molecular complexity index is 1720. The number of tetrazole rings is 1. The second kappa shape index (κ2) is 11.9. The Morgan fingerprint density at radius 1 is 0.857 bits per heavy atom. The Balaban J connectivity index is 1.57. The molecule has 42 heavy (non-hydrogen) atoms. The normalized spacial score (nSPS) is 11.5. The summed E-state index contributed by atoms with van der Waals surface area (Å²) in [5, 5.41) is 22.8. The van der Waals surface area contributed by atoms with Gasteiger partial charge in [-0.2, -0.15) is 5.21 Å². The van der Waals surface area contributed by atoms with Crippen LogP contribution in [0.15, 0.2) is 48.5 Å². The Morgan fingerprint density at radius 2 is 1.50 bits per heavy atom. The van der Waals surface area contributed by atoms with Crippen molar-refractivity contribution in [2.45, 2.75) is 47.6 Å². The first-order chi connectivity index (χ1) is 20.1. The molecule has 0 aliphatic carbocycles. The van der Waals surface area contributed by atoms with Crippen LogP contribution >= 0.6 is 0 Å². The number of H-pyrrole nitrogens is 1. The van der Waals surface area contributed by atoms with Crippen LogP contribution in [0.3, 0.4) is 0 Å². The molecule has 0 atom stereocenters. The minimum atomic E-state index is -0.161. The van der Waals surface area contributed by atoms with Crippen molar-refractivity contribution in [3.63, 3.8) is 0 Å². The van der Waals surface area contributed by atoms with E-state index >= 15 is 0 Å². The minimum absolute atomic E-state index is 0.0937. The first kappa shape index (κ1) is 28.5. The molecule has 12 nitrogen and oxygen atoms in total. The number of fused-ring (bicyclic) bond motifs is 1. The van der Waals surface area contributed by atoms with Crippen LogP contribution < -0.4 is 9.47 Å². The number of ether oxygens (including phenoxy) is 2. The third-order valence-corrected chi connectivity index (χ3v) is 6.32. The number of ketones is 2. The molecule has 0 aliphatic heterocycles. The highest BCUT2D eigenvalue weighted by molar-refractivity contribution is 5.86. The van der Waals surface area contributed by atoms with Gasteiger partial charge >= 0.3 is 0 Å². The average molecular weight is 569 g/mol. The largest absolute Gasteiger partial charge is 0.467 e. The molecule has 0 amide bonds. The number of imidazole rings is 1. The Hall–Kier alpha value is -5.00. The predicted octanol–water partition coefficient (Wildman–Crippen LogP) is 4.25. The van der Waals surface area contributed by atoms with Gasteiger partial charge in [-0.3, -0.25) is 9.59 Å². The van der Waals surface area contributed by atoms with Crippen LogP contribution in [0, 0.1) is 5.41 Å². The quantitative estimate of drug-likeness (QED) is 0.245. The molecule has 0 spiro atoms. The number of carbonyl (C=O) groups is 2. The maximum absolute atomic E-state index is 11.7. The van der Waals surface area contributed by atoms with Gasteiger partial charge in [0.05, 0.1) is 0 Å². The zero-order valence-corrected chi connectivity index (χ0v) is 24.2. The summed E-state index contributed by atoms with van der Waals surface area (Å²) >= 11 is 0. The summed E-state index contributed by atoms with van der Waals surface area (Å²) in [6.07, 6.45) is 0.635.